The van der Waals surface area contributed by atoms with E-state index >= 15 is 0 Å². The van der Waals surface area contributed by atoms with Crippen molar-refractivity contribution in [3.05, 3.63) is 0 Å². The number of fused-ring (bicyclic) bond motifs is 5. The zero-order valence-electron chi connectivity index (χ0n) is 54.2. The minimum Gasteiger partial charge on any atom is -0.456 e. The lowest BCUT2D eigenvalue weighted by molar-refractivity contribution is 0.673. The van der Waals surface area contributed by atoms with Crippen LogP contribution in [0, 0.1) is 0 Å². The summed E-state index contributed by atoms with van der Waals surface area (Å²) in [6.07, 6.45) is 0. The molecule has 8 aromatic carbocycles. The summed E-state index contributed by atoms with van der Waals surface area (Å²) in [5.41, 5.74) is 47.5. The molecular weight excluding hydrogens is 936 g/mol. The Morgan fingerprint density at radius 3 is 0.762 bits per heavy atom. The first-order chi connectivity index (χ1) is 37.3. The molecule has 80 heavy (non-hydrogen) atoms. The van der Waals surface area contributed by atoms with E-state index in [1.54, 1.807) is 0 Å². The molecule has 0 amide bonds. The number of aromatic nitrogens is 3. The first-order valence-corrected chi connectivity index (χ1v) is 29.2. The lowest BCUT2D eigenvalue weighted by Crippen LogP contribution is -2.55. The Morgan fingerprint density at radius 1 is 0.150 bits per heavy atom. The second-order valence-electron chi connectivity index (χ2n) is 25.1. The first-order valence-electron chi connectivity index (χ1n) is 29.2. The topological polar surface area (TPSA) is 51.8 Å². The number of hydrogen-bond acceptors (Lipinski definition) is 4. The second kappa shape index (κ2) is 20.1. The van der Waals surface area contributed by atoms with E-state index in [9.17, 15) is 0 Å². The minimum absolute atomic E-state index is 0.670. The molecule has 0 unspecified atom stereocenters. The molecule has 0 saturated carbocycles. The van der Waals surface area contributed by atoms with Gasteiger partial charge in [-0.25, -0.2) is 15.0 Å². The maximum absolute atomic E-state index is 7.80. The van der Waals surface area contributed by atoms with Crippen LogP contribution in [0.1, 0.15) is 0 Å². The van der Waals surface area contributed by atoms with Crippen molar-refractivity contribution in [2.45, 2.75) is 0 Å². The van der Waals surface area contributed by atoms with Crippen LogP contribution in [0.15, 0.2) is 4.42 Å². The number of rotatable bonds is 5. The lowest BCUT2D eigenvalue weighted by Gasteiger charge is -2.29. The largest absolute Gasteiger partial charge is 0.456 e. The fourth-order valence-electron chi connectivity index (χ4n) is 15.1. The molecule has 2 heterocycles. The van der Waals surface area contributed by atoms with E-state index in [1.807, 2.05) is 0 Å². The highest BCUT2D eigenvalue weighted by atomic mass is 16.3. The van der Waals surface area contributed by atoms with Gasteiger partial charge in [0.2, 0.25) is 0 Å². The van der Waals surface area contributed by atoms with Crippen LogP contribution in [0.2, 0.25) is 0 Å². The van der Waals surface area contributed by atoms with E-state index in [0.29, 0.717) is 17.5 Å². The minimum atomic E-state index is 0.670. The van der Waals surface area contributed by atoms with Crippen LogP contribution in [0.25, 0.3) is 99.9 Å². The second-order valence-corrected chi connectivity index (χ2v) is 25.1. The van der Waals surface area contributed by atoms with Gasteiger partial charge in [-0.2, -0.15) is 0 Å². The summed E-state index contributed by atoms with van der Waals surface area (Å²) in [4.78, 5) is 17.2. The number of nitrogens with zero attached hydrogens (tertiary/aromatic N) is 3. The van der Waals surface area contributed by atoms with Crippen molar-refractivity contribution in [1.29, 1.82) is 0 Å². The van der Waals surface area contributed by atoms with Crippen molar-refractivity contribution >= 4 is 429 Å². The maximum Gasteiger partial charge on any atom is 0.164 e. The molecule has 0 N–H and O–H groups in total. The third kappa shape index (κ3) is 7.88. The lowest BCUT2D eigenvalue weighted by atomic mass is 9.56. The summed E-state index contributed by atoms with van der Waals surface area (Å²) >= 11 is 0. The summed E-state index contributed by atoms with van der Waals surface area (Å²) in [6, 6.07) is 0. The molecule has 0 aliphatic carbocycles. The zero-order chi connectivity index (χ0) is 59.0. The SMILES string of the molecule is Bc1c(B)c(B)c(-c2nc(-c3c(B)c(B)c(B)c(B)c3B)nc(-c3c(B)c(B)c(-c4c(B)c(B)c(-c5c(B)c(B)c6c(B)c(B)c(B)c(B)c6c5B)c(B)c4B)c4oc5c(B)c6c(B)c(B)c(B)c(B)c6c(B)c5c34)n2)c(B)c1B. The molecule has 0 fully saturated rings. The molecule has 0 aliphatic rings. The van der Waals surface area contributed by atoms with E-state index in [2.05, 4.69) is 228 Å². The summed E-state index contributed by atoms with van der Waals surface area (Å²) in [5, 5.41) is 7.63. The van der Waals surface area contributed by atoms with E-state index in [1.165, 1.54) is 191 Å². The van der Waals surface area contributed by atoms with Crippen LogP contribution in [-0.4, -0.2) is 242 Å². The van der Waals surface area contributed by atoms with E-state index < -0.39 is 0 Å². The molecule has 354 valence electrons. The van der Waals surface area contributed by atoms with Crippen molar-refractivity contribution in [3.63, 3.8) is 0 Å². The van der Waals surface area contributed by atoms with Crippen molar-refractivity contribution < 1.29 is 4.42 Å². The van der Waals surface area contributed by atoms with Crippen LogP contribution in [0.3, 0.4) is 0 Å². The average Bonchev–Trinajstić information content (AvgIpc) is 3.83. The van der Waals surface area contributed by atoms with Crippen molar-refractivity contribution in [2.24, 2.45) is 0 Å². The quantitative estimate of drug-likeness (QED) is 0.161. The third-order valence-corrected chi connectivity index (χ3v) is 22.0. The molecule has 0 atom stereocenters. The highest BCUT2D eigenvalue weighted by Crippen LogP contribution is 2.39. The summed E-state index contributed by atoms with van der Waals surface area (Å²) in [5.74, 6) is 2.08. The Labute approximate surface area is 501 Å². The predicted molar refractivity (Wildman–Crippen MR) is 446 cm³/mol. The van der Waals surface area contributed by atoms with Crippen LogP contribution >= 0.6 is 0 Å². The molecule has 10 rings (SSSR count). The average molecular weight is 995 g/mol. The maximum atomic E-state index is 7.80. The van der Waals surface area contributed by atoms with Crippen molar-refractivity contribution in [3.8, 4) is 56.4 Å². The Kier molecular flexibility index (Phi) is 14.6. The monoisotopic (exact) mass is 1000 g/mol. The highest BCUT2D eigenvalue weighted by molar-refractivity contribution is 6.76. The molecular formula is C47H58B29N3O. The molecule has 0 aliphatic heterocycles. The highest BCUT2D eigenvalue weighted by Gasteiger charge is 2.32. The Hall–Kier alpha value is -5.03. The van der Waals surface area contributed by atoms with Gasteiger partial charge in [-0.05, 0) is 43.7 Å². The van der Waals surface area contributed by atoms with Gasteiger partial charge in [0.15, 0.2) is 17.5 Å². The van der Waals surface area contributed by atoms with Gasteiger partial charge >= 0.3 is 0 Å². The van der Waals surface area contributed by atoms with Gasteiger partial charge in [0.05, 0.1) is 0 Å². The van der Waals surface area contributed by atoms with Gasteiger partial charge in [0, 0.05) is 33.0 Å². The Bertz CT molecular complexity index is 4420. The van der Waals surface area contributed by atoms with Crippen LogP contribution in [-0.2, 0) is 0 Å². The van der Waals surface area contributed by atoms with Gasteiger partial charge in [-0.3, -0.25) is 0 Å². The Balaban J connectivity index is 1.42. The van der Waals surface area contributed by atoms with Gasteiger partial charge in [-0.1, -0.05) is 98.3 Å². The number of furan rings is 1. The Morgan fingerprint density at radius 2 is 0.375 bits per heavy atom. The van der Waals surface area contributed by atoms with Crippen molar-refractivity contribution in [2.75, 3.05) is 0 Å². The molecule has 2 aromatic heterocycles. The normalized spacial score (nSPS) is 11.7. The van der Waals surface area contributed by atoms with Gasteiger partial charge in [0.1, 0.15) is 239 Å². The molecule has 0 radical (unpaired) electrons. The molecule has 33 heteroatoms. The smallest absolute Gasteiger partial charge is 0.164 e. The van der Waals surface area contributed by atoms with Crippen LogP contribution in [0.4, 0.5) is 0 Å². The zero-order valence-corrected chi connectivity index (χ0v) is 54.2. The molecule has 0 saturated heterocycles. The van der Waals surface area contributed by atoms with Gasteiger partial charge < -0.3 is 4.42 Å². The number of benzene rings is 8. The van der Waals surface area contributed by atoms with E-state index in [-0.39, 0.29) is 0 Å². The number of hydrogen-bond donors (Lipinski definition) is 0. The standard InChI is InChI=1S/C47H58B29N3O/c48-14-2(16(50)19(53)6-3(14)22(56)33(67)35(69)24(6)58)5-17(51)20(54)8(21(55)18(5)52)10-26(60)27(61)11(1-9-15(49)4-7(32(66)44(9)80-43(1)10)25(59)36(70)34(68)23(4)57)45-77-46(12-28(62)37(71)41(75)38(72)29(12)63)79-47(78-45)13-30(64)39(73)42(76)40(74)31(13)65/h48-76H2. The molecule has 0 spiro atoms. The summed E-state index contributed by atoms with van der Waals surface area (Å²) < 4.78 is 7.80. The predicted octanol–water partition coefficient (Wildman–Crippen LogP) is -38.1. The summed E-state index contributed by atoms with van der Waals surface area (Å²) in [6.45, 7) is 0. The molecule has 4 nitrogen and oxygen atoms in total. The third-order valence-electron chi connectivity index (χ3n) is 22.0. The van der Waals surface area contributed by atoms with Crippen LogP contribution in [0.5, 0.6) is 0 Å². The van der Waals surface area contributed by atoms with E-state index in [0.717, 1.165) is 49.7 Å². The van der Waals surface area contributed by atoms with Crippen molar-refractivity contribution in [1.82, 2.24) is 15.0 Å². The van der Waals surface area contributed by atoms with Gasteiger partial charge in [-0.15, -0.1) is 54.6 Å². The fourth-order valence-corrected chi connectivity index (χ4v) is 15.1. The fraction of sp³-hybridized carbons (Fsp3) is 0. The first kappa shape index (κ1) is 58.2. The molecule has 0 bridgehead atoms. The van der Waals surface area contributed by atoms with Gasteiger partial charge in [0.25, 0.3) is 0 Å². The van der Waals surface area contributed by atoms with Crippen LogP contribution < -0.4 is 158 Å². The van der Waals surface area contributed by atoms with E-state index in [4.69, 9.17) is 19.4 Å². The molecule has 10 aromatic rings. The summed E-state index contributed by atoms with van der Waals surface area (Å²) in [7, 11) is 66.6.